The fourth-order valence-corrected chi connectivity index (χ4v) is 3.59. The highest BCUT2D eigenvalue weighted by Crippen LogP contribution is 2.39. The van der Waals surface area contributed by atoms with Gasteiger partial charge in [-0.25, -0.2) is 0 Å². The molecule has 162 valence electrons. The van der Waals surface area contributed by atoms with Crippen LogP contribution in [-0.4, -0.2) is 40.0 Å². The fraction of sp³-hybridized carbons (Fsp3) is 0.280. The summed E-state index contributed by atoms with van der Waals surface area (Å²) in [5.41, 5.74) is 1.08. The summed E-state index contributed by atoms with van der Waals surface area (Å²) in [6.07, 6.45) is -0.364. The van der Waals surface area contributed by atoms with Crippen molar-refractivity contribution in [1.82, 2.24) is 5.32 Å². The molecule has 1 aliphatic rings. The van der Waals surface area contributed by atoms with Gasteiger partial charge in [0.1, 0.15) is 6.61 Å². The maximum absolute atomic E-state index is 6.29. The van der Waals surface area contributed by atoms with Crippen LogP contribution in [0.4, 0.5) is 0 Å². The molecule has 0 saturated carbocycles. The van der Waals surface area contributed by atoms with Crippen molar-refractivity contribution in [3.05, 3.63) is 78.4 Å². The van der Waals surface area contributed by atoms with E-state index < -0.39 is 0 Å². The largest absolute Gasteiger partial charge is 0.493 e. The molecule has 0 radical (unpaired) electrons. The van der Waals surface area contributed by atoms with Gasteiger partial charge < -0.3 is 29.0 Å². The van der Waals surface area contributed by atoms with Gasteiger partial charge in [-0.05, 0) is 29.8 Å². The molecule has 0 aliphatic carbocycles. The number of methoxy groups -OCH3 is 2. The van der Waals surface area contributed by atoms with E-state index in [1.54, 1.807) is 14.2 Å². The second kappa shape index (κ2) is 10.1. The van der Waals surface area contributed by atoms with E-state index in [2.05, 4.69) is 17.4 Å². The van der Waals surface area contributed by atoms with Gasteiger partial charge in [0.15, 0.2) is 35.2 Å². The van der Waals surface area contributed by atoms with Gasteiger partial charge in [0, 0.05) is 13.1 Å². The van der Waals surface area contributed by atoms with Crippen LogP contribution in [0.3, 0.4) is 0 Å². The summed E-state index contributed by atoms with van der Waals surface area (Å²) in [6.45, 7) is 1.70. The molecule has 1 N–H and O–H groups in total. The van der Waals surface area contributed by atoms with Crippen molar-refractivity contribution >= 4 is 0 Å². The number of benzene rings is 3. The lowest BCUT2D eigenvalue weighted by Gasteiger charge is -2.34. The van der Waals surface area contributed by atoms with Crippen molar-refractivity contribution in [1.29, 1.82) is 0 Å². The molecular weight excluding hydrogens is 394 g/mol. The number of fused-ring (bicyclic) bond motifs is 1. The first-order valence-electron chi connectivity index (χ1n) is 10.3. The molecule has 6 heteroatoms. The van der Waals surface area contributed by atoms with Gasteiger partial charge in [0.2, 0.25) is 5.75 Å². The van der Waals surface area contributed by atoms with Crippen molar-refractivity contribution in [2.45, 2.75) is 12.2 Å². The predicted molar refractivity (Wildman–Crippen MR) is 119 cm³/mol. The third-order valence-corrected chi connectivity index (χ3v) is 5.10. The van der Waals surface area contributed by atoms with Crippen LogP contribution < -0.4 is 29.0 Å². The molecular formula is C25H27NO5. The van der Waals surface area contributed by atoms with Crippen molar-refractivity contribution in [3.8, 4) is 28.7 Å². The van der Waals surface area contributed by atoms with E-state index in [9.17, 15) is 0 Å². The SMILES string of the molecule is COc1cccc(OC)c1OCCNC[C@H]1Oc2ccccc2OC1c1ccccc1. The maximum Gasteiger partial charge on any atom is 0.203 e. The fourth-order valence-electron chi connectivity index (χ4n) is 3.59. The normalized spacial score (nSPS) is 17.1. The molecule has 0 bridgehead atoms. The number of ether oxygens (including phenoxy) is 5. The van der Waals surface area contributed by atoms with E-state index >= 15 is 0 Å². The van der Waals surface area contributed by atoms with E-state index in [4.69, 9.17) is 23.7 Å². The molecule has 1 aliphatic heterocycles. The first-order valence-corrected chi connectivity index (χ1v) is 10.3. The van der Waals surface area contributed by atoms with Crippen LogP contribution in [0.1, 0.15) is 11.7 Å². The van der Waals surface area contributed by atoms with Gasteiger partial charge in [-0.1, -0.05) is 48.5 Å². The number of para-hydroxylation sites is 3. The zero-order chi connectivity index (χ0) is 21.5. The van der Waals surface area contributed by atoms with Gasteiger partial charge in [-0.3, -0.25) is 0 Å². The van der Waals surface area contributed by atoms with Crippen LogP contribution in [0.2, 0.25) is 0 Å². The summed E-state index contributed by atoms with van der Waals surface area (Å²) >= 11 is 0. The molecule has 2 atom stereocenters. The average molecular weight is 421 g/mol. The van der Waals surface area contributed by atoms with Gasteiger partial charge in [-0.15, -0.1) is 0 Å². The quantitative estimate of drug-likeness (QED) is 0.521. The number of hydrogen-bond donors (Lipinski definition) is 1. The van der Waals surface area contributed by atoms with E-state index in [0.717, 1.165) is 17.1 Å². The van der Waals surface area contributed by atoms with Crippen LogP contribution in [0.5, 0.6) is 28.7 Å². The lowest BCUT2D eigenvalue weighted by molar-refractivity contribution is 0.0198. The molecule has 0 saturated heterocycles. The smallest absolute Gasteiger partial charge is 0.203 e. The number of hydrogen-bond acceptors (Lipinski definition) is 6. The van der Waals surface area contributed by atoms with Crippen LogP contribution in [0.15, 0.2) is 72.8 Å². The summed E-state index contributed by atoms with van der Waals surface area (Å²) in [4.78, 5) is 0. The molecule has 1 heterocycles. The van der Waals surface area contributed by atoms with E-state index in [-0.39, 0.29) is 12.2 Å². The van der Waals surface area contributed by atoms with Crippen molar-refractivity contribution < 1.29 is 23.7 Å². The molecule has 0 aromatic heterocycles. The molecule has 31 heavy (non-hydrogen) atoms. The molecule has 0 fully saturated rings. The van der Waals surface area contributed by atoms with Gasteiger partial charge >= 0.3 is 0 Å². The summed E-state index contributed by atoms with van der Waals surface area (Å²) < 4.78 is 29.2. The Balaban J connectivity index is 1.37. The minimum absolute atomic E-state index is 0.168. The first kappa shape index (κ1) is 20.9. The van der Waals surface area contributed by atoms with Gasteiger partial charge in [-0.2, -0.15) is 0 Å². The van der Waals surface area contributed by atoms with Crippen LogP contribution >= 0.6 is 0 Å². The molecule has 3 aromatic carbocycles. The third kappa shape index (κ3) is 4.86. The zero-order valence-corrected chi connectivity index (χ0v) is 17.7. The first-order chi connectivity index (χ1) is 15.3. The van der Waals surface area contributed by atoms with E-state index in [1.165, 1.54) is 0 Å². The van der Waals surface area contributed by atoms with Crippen molar-refractivity contribution in [2.24, 2.45) is 0 Å². The molecule has 4 rings (SSSR count). The Morgan fingerprint density at radius 2 is 1.42 bits per heavy atom. The summed E-state index contributed by atoms with van der Waals surface area (Å²) in [6, 6.07) is 23.5. The van der Waals surface area contributed by atoms with Gasteiger partial charge in [0.25, 0.3) is 0 Å². The Kier molecular flexibility index (Phi) is 6.79. The van der Waals surface area contributed by atoms with Crippen molar-refractivity contribution in [2.75, 3.05) is 33.9 Å². The standard InChI is InChI=1S/C25H27NO5/c1-27-21-13-8-14-22(28-2)25(21)29-16-15-26-17-23-24(18-9-4-3-5-10-18)31-20-12-7-6-11-19(20)30-23/h3-14,23-24,26H,15-17H2,1-2H3/t23-,24?/m1/s1. The second-order valence-electron chi connectivity index (χ2n) is 7.10. The topological polar surface area (TPSA) is 58.2 Å². The lowest BCUT2D eigenvalue weighted by atomic mass is 10.0. The Bertz CT molecular complexity index is 956. The minimum atomic E-state index is -0.196. The monoisotopic (exact) mass is 421 g/mol. The zero-order valence-electron chi connectivity index (χ0n) is 17.7. The molecule has 3 aromatic rings. The Morgan fingerprint density at radius 1 is 0.774 bits per heavy atom. The van der Waals surface area contributed by atoms with E-state index in [0.29, 0.717) is 36.9 Å². The molecule has 1 unspecified atom stereocenters. The third-order valence-electron chi connectivity index (χ3n) is 5.10. The molecule has 0 amide bonds. The second-order valence-corrected chi connectivity index (χ2v) is 7.10. The van der Waals surface area contributed by atoms with Crippen LogP contribution in [0.25, 0.3) is 0 Å². The predicted octanol–water partition coefficient (Wildman–Crippen LogP) is 4.25. The summed E-state index contributed by atoms with van der Waals surface area (Å²) in [7, 11) is 3.23. The van der Waals surface area contributed by atoms with Gasteiger partial charge in [0.05, 0.1) is 14.2 Å². The summed E-state index contributed by atoms with van der Waals surface area (Å²) in [5, 5.41) is 3.42. The Morgan fingerprint density at radius 3 is 2.10 bits per heavy atom. The minimum Gasteiger partial charge on any atom is -0.493 e. The Hall–Kier alpha value is -3.38. The summed E-state index contributed by atoms with van der Waals surface area (Å²) in [5.74, 6) is 3.41. The molecule has 6 nitrogen and oxygen atoms in total. The molecule has 0 spiro atoms. The van der Waals surface area contributed by atoms with Crippen molar-refractivity contribution in [3.63, 3.8) is 0 Å². The van der Waals surface area contributed by atoms with E-state index in [1.807, 2.05) is 60.7 Å². The average Bonchev–Trinajstić information content (AvgIpc) is 2.83. The lowest BCUT2D eigenvalue weighted by Crippen LogP contribution is -2.42. The number of nitrogens with one attached hydrogen (secondary N) is 1. The maximum atomic E-state index is 6.29. The highest BCUT2D eigenvalue weighted by Gasteiger charge is 2.32. The van der Waals surface area contributed by atoms with Crippen LogP contribution in [-0.2, 0) is 0 Å². The van der Waals surface area contributed by atoms with Crippen LogP contribution in [0, 0.1) is 0 Å². The highest BCUT2D eigenvalue weighted by molar-refractivity contribution is 5.51. The Labute approximate surface area is 182 Å². The number of rotatable bonds is 9. The highest BCUT2D eigenvalue weighted by atomic mass is 16.6.